The Morgan fingerprint density at radius 3 is 2.83 bits per heavy atom. The van der Waals surface area contributed by atoms with Crippen molar-refractivity contribution in [3.8, 4) is 0 Å². The molecule has 1 N–H and O–H groups in total. The molecule has 0 saturated carbocycles. The van der Waals surface area contributed by atoms with Crippen molar-refractivity contribution >= 4 is 27.8 Å². The maximum Gasteiger partial charge on any atom is 0.328 e. The summed E-state index contributed by atoms with van der Waals surface area (Å²) in [6.07, 6.45) is -0.0822. The van der Waals surface area contributed by atoms with Crippen LogP contribution in [-0.4, -0.2) is 42.7 Å². The molecule has 1 atom stereocenters. The van der Waals surface area contributed by atoms with E-state index in [0.717, 1.165) is 0 Å². The van der Waals surface area contributed by atoms with E-state index in [1.165, 1.54) is 17.0 Å². The average molecular weight is 397 g/mol. The Kier molecular flexibility index (Phi) is 4.35. The Morgan fingerprint density at radius 1 is 1.42 bits per heavy atom. The van der Waals surface area contributed by atoms with Gasteiger partial charge in [0.1, 0.15) is 17.7 Å². The zero-order valence-corrected chi connectivity index (χ0v) is 14.3. The maximum absolute atomic E-state index is 13.6. The summed E-state index contributed by atoms with van der Waals surface area (Å²) < 4.78 is 15.6. The molecule has 0 radical (unpaired) electrons. The van der Waals surface area contributed by atoms with E-state index in [-0.39, 0.29) is 19.5 Å². The number of fused-ring (bicyclic) bond motifs is 1. The lowest BCUT2D eigenvalue weighted by Crippen LogP contribution is -2.51. The number of carbonyl (C=O) groups is 2. The molecule has 1 amide bonds. The quantitative estimate of drug-likeness (QED) is 0.849. The van der Waals surface area contributed by atoms with Gasteiger partial charge in [0.05, 0.1) is 24.0 Å². The summed E-state index contributed by atoms with van der Waals surface area (Å²) in [6.45, 7) is 1.90. The number of aliphatic carboxylic acids is 1. The zero-order valence-electron chi connectivity index (χ0n) is 12.7. The lowest BCUT2D eigenvalue weighted by Gasteiger charge is -2.33. The molecule has 1 aromatic heterocycles. The second-order valence-electron chi connectivity index (χ2n) is 5.57. The van der Waals surface area contributed by atoms with Gasteiger partial charge in [0.15, 0.2) is 5.82 Å². The molecule has 7 nitrogen and oxygen atoms in total. The van der Waals surface area contributed by atoms with Gasteiger partial charge in [0, 0.05) is 0 Å². The highest BCUT2D eigenvalue weighted by atomic mass is 79.9. The number of benzene rings is 1. The van der Waals surface area contributed by atoms with Gasteiger partial charge in [-0.3, -0.25) is 4.79 Å². The highest BCUT2D eigenvalue weighted by Gasteiger charge is 2.36. The average Bonchev–Trinajstić information content (AvgIpc) is 2.90. The number of aromatic nitrogens is 3. The van der Waals surface area contributed by atoms with Crippen molar-refractivity contribution < 1.29 is 19.1 Å². The molecule has 0 saturated heterocycles. The minimum absolute atomic E-state index is 0.0651. The SMILES string of the molecule is Cc1nnc2n1CC(C(=O)O)N(C(=O)Cc1ccc(Br)c(F)c1)C2. The second-order valence-corrected chi connectivity index (χ2v) is 6.43. The summed E-state index contributed by atoms with van der Waals surface area (Å²) in [4.78, 5) is 25.4. The smallest absolute Gasteiger partial charge is 0.328 e. The summed E-state index contributed by atoms with van der Waals surface area (Å²) >= 11 is 3.06. The van der Waals surface area contributed by atoms with E-state index in [4.69, 9.17) is 0 Å². The van der Waals surface area contributed by atoms with Crippen LogP contribution in [-0.2, 0) is 29.1 Å². The van der Waals surface area contributed by atoms with Crippen molar-refractivity contribution in [3.63, 3.8) is 0 Å². The zero-order chi connectivity index (χ0) is 17.4. The van der Waals surface area contributed by atoms with Crippen LogP contribution >= 0.6 is 15.9 Å². The number of nitrogens with zero attached hydrogens (tertiary/aromatic N) is 4. The highest BCUT2D eigenvalue weighted by molar-refractivity contribution is 9.10. The Bertz CT molecular complexity index is 823. The summed E-state index contributed by atoms with van der Waals surface area (Å²) in [5.41, 5.74) is 0.480. The number of carboxylic acid groups (broad SMARTS) is 1. The minimum Gasteiger partial charge on any atom is -0.480 e. The maximum atomic E-state index is 13.6. The summed E-state index contributed by atoms with van der Waals surface area (Å²) in [7, 11) is 0. The van der Waals surface area contributed by atoms with E-state index in [1.807, 2.05) is 0 Å². The number of aryl methyl sites for hydroxylation is 1. The van der Waals surface area contributed by atoms with Crippen LogP contribution in [0.1, 0.15) is 17.2 Å². The van der Waals surface area contributed by atoms with Gasteiger partial charge in [-0.1, -0.05) is 6.07 Å². The van der Waals surface area contributed by atoms with Gasteiger partial charge in [-0.15, -0.1) is 10.2 Å². The van der Waals surface area contributed by atoms with Gasteiger partial charge >= 0.3 is 5.97 Å². The lowest BCUT2D eigenvalue weighted by atomic mass is 10.1. The van der Waals surface area contributed by atoms with E-state index >= 15 is 0 Å². The summed E-state index contributed by atoms with van der Waals surface area (Å²) in [6, 6.07) is 3.40. The first-order chi connectivity index (χ1) is 11.4. The molecular formula is C15H14BrFN4O3. The molecule has 9 heteroatoms. The Balaban J connectivity index is 1.84. The van der Waals surface area contributed by atoms with E-state index in [2.05, 4.69) is 26.1 Å². The third-order valence-electron chi connectivity index (χ3n) is 4.00. The van der Waals surface area contributed by atoms with Crippen LogP contribution in [0.4, 0.5) is 4.39 Å². The predicted octanol–water partition coefficient (Wildman–Crippen LogP) is 1.53. The van der Waals surface area contributed by atoms with Crippen molar-refractivity contribution in [2.45, 2.75) is 32.5 Å². The Labute approximate surface area is 145 Å². The molecule has 2 heterocycles. The molecule has 0 spiro atoms. The fourth-order valence-corrected chi connectivity index (χ4v) is 2.96. The molecule has 1 unspecified atom stereocenters. The molecule has 0 fully saturated rings. The van der Waals surface area contributed by atoms with Gasteiger partial charge < -0.3 is 14.6 Å². The van der Waals surface area contributed by atoms with Crippen molar-refractivity contribution in [3.05, 3.63) is 45.7 Å². The monoisotopic (exact) mass is 396 g/mol. The predicted molar refractivity (Wildman–Crippen MR) is 84.5 cm³/mol. The molecule has 0 bridgehead atoms. The number of halogens is 2. The van der Waals surface area contributed by atoms with Crippen molar-refractivity contribution in [2.75, 3.05) is 0 Å². The normalized spacial score (nSPS) is 16.8. The minimum atomic E-state index is -1.09. The van der Waals surface area contributed by atoms with E-state index in [9.17, 15) is 19.1 Å². The van der Waals surface area contributed by atoms with E-state index < -0.39 is 23.7 Å². The topological polar surface area (TPSA) is 88.3 Å². The van der Waals surface area contributed by atoms with Crippen LogP contribution in [0.3, 0.4) is 0 Å². The van der Waals surface area contributed by atoms with Crippen LogP contribution in [0.15, 0.2) is 22.7 Å². The molecule has 1 aliphatic heterocycles. The second kappa shape index (κ2) is 6.31. The number of rotatable bonds is 3. The van der Waals surface area contributed by atoms with Gasteiger partial charge in [-0.25, -0.2) is 9.18 Å². The number of hydrogen-bond donors (Lipinski definition) is 1. The van der Waals surface area contributed by atoms with E-state index in [0.29, 0.717) is 21.7 Å². The van der Waals surface area contributed by atoms with Crippen molar-refractivity contribution in [2.24, 2.45) is 0 Å². The molecular weight excluding hydrogens is 383 g/mol. The van der Waals surface area contributed by atoms with Gasteiger partial charge in [0.25, 0.3) is 0 Å². The molecule has 1 aliphatic rings. The van der Waals surface area contributed by atoms with Crippen molar-refractivity contribution in [1.29, 1.82) is 0 Å². The Morgan fingerprint density at radius 2 is 2.17 bits per heavy atom. The summed E-state index contributed by atoms with van der Waals surface area (Å²) in [5.74, 6) is -0.803. The first kappa shape index (κ1) is 16.6. The van der Waals surface area contributed by atoms with Crippen LogP contribution in [0.2, 0.25) is 0 Å². The fraction of sp³-hybridized carbons (Fsp3) is 0.333. The van der Waals surface area contributed by atoms with Gasteiger partial charge in [0.2, 0.25) is 5.91 Å². The third-order valence-corrected chi connectivity index (χ3v) is 4.64. The molecule has 0 aliphatic carbocycles. The van der Waals surface area contributed by atoms with Crippen LogP contribution in [0.5, 0.6) is 0 Å². The highest BCUT2D eigenvalue weighted by Crippen LogP contribution is 2.21. The number of hydrogen-bond acceptors (Lipinski definition) is 4. The van der Waals surface area contributed by atoms with Crippen LogP contribution in [0.25, 0.3) is 0 Å². The number of carboxylic acids is 1. The number of amides is 1. The molecule has 1 aromatic carbocycles. The van der Waals surface area contributed by atoms with Crippen LogP contribution < -0.4 is 0 Å². The molecule has 2 aromatic rings. The summed E-state index contributed by atoms with van der Waals surface area (Å²) in [5, 5.41) is 17.3. The first-order valence-electron chi connectivity index (χ1n) is 7.21. The Hall–Kier alpha value is -2.29. The molecule has 3 rings (SSSR count). The van der Waals surface area contributed by atoms with Gasteiger partial charge in [-0.05, 0) is 40.5 Å². The standard InChI is InChI=1S/C15H14BrFN4O3/c1-8-18-19-13-7-21(12(15(23)24)6-20(8)13)14(22)5-9-2-3-10(16)11(17)4-9/h2-4,12H,5-7H2,1H3,(H,23,24). The van der Waals surface area contributed by atoms with Crippen molar-refractivity contribution in [1.82, 2.24) is 19.7 Å². The first-order valence-corrected chi connectivity index (χ1v) is 8.01. The largest absolute Gasteiger partial charge is 0.480 e. The molecule has 24 heavy (non-hydrogen) atoms. The lowest BCUT2D eigenvalue weighted by molar-refractivity contribution is -0.152. The van der Waals surface area contributed by atoms with Gasteiger partial charge in [-0.2, -0.15) is 0 Å². The van der Waals surface area contributed by atoms with E-state index in [1.54, 1.807) is 17.6 Å². The number of carbonyl (C=O) groups excluding carboxylic acids is 1. The molecule has 126 valence electrons. The third kappa shape index (κ3) is 3.03. The fourth-order valence-electron chi connectivity index (χ4n) is 2.71. The van der Waals surface area contributed by atoms with Crippen LogP contribution in [0, 0.1) is 12.7 Å².